The van der Waals surface area contributed by atoms with Crippen LogP contribution in [0, 0.1) is 0 Å². The fourth-order valence-corrected chi connectivity index (χ4v) is 2.63. The molecule has 0 radical (unpaired) electrons. The summed E-state index contributed by atoms with van der Waals surface area (Å²) < 4.78 is 15.6. The van der Waals surface area contributed by atoms with Crippen molar-refractivity contribution in [2.24, 2.45) is 0 Å². The van der Waals surface area contributed by atoms with Gasteiger partial charge in [-0.15, -0.1) is 0 Å². The molecular formula is C18H18Cl2N2O5. The van der Waals surface area contributed by atoms with Gasteiger partial charge in [-0.25, -0.2) is 9.78 Å². The van der Waals surface area contributed by atoms with Gasteiger partial charge in [0, 0.05) is 12.3 Å². The number of carbonyl (C=O) groups excluding carboxylic acids is 2. The van der Waals surface area contributed by atoms with Crippen molar-refractivity contribution >= 4 is 40.8 Å². The number of nitrogens with zero attached hydrogens (tertiary/aromatic N) is 1. The Morgan fingerprint density at radius 2 is 1.85 bits per heavy atom. The van der Waals surface area contributed by atoms with Crippen LogP contribution in [0.4, 0.5) is 5.69 Å². The number of methoxy groups -OCH3 is 2. The normalized spacial score (nSPS) is 11.4. The second-order valence-corrected chi connectivity index (χ2v) is 6.14. The molecule has 2 aromatic rings. The van der Waals surface area contributed by atoms with Crippen molar-refractivity contribution in [3.8, 4) is 11.5 Å². The van der Waals surface area contributed by atoms with Gasteiger partial charge in [-0.1, -0.05) is 30.1 Å². The minimum Gasteiger partial charge on any atom is -0.495 e. The molecule has 1 atom stereocenters. The minimum absolute atomic E-state index is 0.152. The third kappa shape index (κ3) is 5.24. The minimum atomic E-state index is -1.02. The topological polar surface area (TPSA) is 86.8 Å². The molecule has 0 aliphatic heterocycles. The van der Waals surface area contributed by atoms with Gasteiger partial charge in [-0.3, -0.25) is 4.79 Å². The summed E-state index contributed by atoms with van der Waals surface area (Å²) in [6.45, 7) is 1.72. The number of aromatic nitrogens is 1. The number of benzene rings is 1. The smallest absolute Gasteiger partial charge is 0.339 e. The van der Waals surface area contributed by atoms with Crippen LogP contribution < -0.4 is 14.8 Å². The van der Waals surface area contributed by atoms with Gasteiger partial charge in [0.25, 0.3) is 5.91 Å². The fraction of sp³-hybridized carbons (Fsp3) is 0.278. The molecule has 0 saturated carbocycles. The SMILES string of the molecule is CCC(OC(=O)c1ccnc(Cl)c1)C(=O)Nc1cc(Cl)c(OC)cc1OC. The molecule has 7 nitrogen and oxygen atoms in total. The highest BCUT2D eigenvalue weighted by molar-refractivity contribution is 6.32. The summed E-state index contributed by atoms with van der Waals surface area (Å²) >= 11 is 11.9. The number of ether oxygens (including phenoxy) is 3. The Kier molecular flexibility index (Phi) is 7.27. The number of nitrogens with one attached hydrogen (secondary N) is 1. The van der Waals surface area contributed by atoms with Crippen molar-refractivity contribution in [2.75, 3.05) is 19.5 Å². The third-order valence-electron chi connectivity index (χ3n) is 3.61. The van der Waals surface area contributed by atoms with Gasteiger partial charge in [0.05, 0.1) is 30.5 Å². The van der Waals surface area contributed by atoms with E-state index in [2.05, 4.69) is 10.3 Å². The predicted octanol–water partition coefficient (Wildman–Crippen LogP) is 3.98. The monoisotopic (exact) mass is 412 g/mol. The van der Waals surface area contributed by atoms with E-state index >= 15 is 0 Å². The Hall–Kier alpha value is -2.51. The van der Waals surface area contributed by atoms with Gasteiger partial charge in [-0.05, 0) is 24.6 Å². The Morgan fingerprint density at radius 1 is 1.15 bits per heavy atom. The Morgan fingerprint density at radius 3 is 2.44 bits per heavy atom. The molecule has 1 N–H and O–H groups in total. The van der Waals surface area contributed by atoms with E-state index in [1.165, 1.54) is 38.6 Å². The number of hydrogen-bond donors (Lipinski definition) is 1. The van der Waals surface area contributed by atoms with Crippen LogP contribution in [0.1, 0.15) is 23.7 Å². The predicted molar refractivity (Wildman–Crippen MR) is 102 cm³/mol. The molecule has 0 saturated heterocycles. The van der Waals surface area contributed by atoms with Gasteiger partial charge < -0.3 is 19.5 Å². The van der Waals surface area contributed by atoms with Crippen LogP contribution >= 0.6 is 23.2 Å². The zero-order valence-corrected chi connectivity index (χ0v) is 16.4. The average molecular weight is 413 g/mol. The van der Waals surface area contributed by atoms with Crippen LogP contribution in [0.3, 0.4) is 0 Å². The first-order chi connectivity index (χ1) is 12.9. The van der Waals surface area contributed by atoms with E-state index in [0.717, 1.165) is 0 Å². The summed E-state index contributed by atoms with van der Waals surface area (Å²) in [4.78, 5) is 28.6. The molecule has 144 valence electrons. The molecule has 0 spiro atoms. The first-order valence-electron chi connectivity index (χ1n) is 7.94. The van der Waals surface area contributed by atoms with Crippen molar-refractivity contribution in [1.29, 1.82) is 0 Å². The molecule has 1 amide bonds. The molecule has 0 fully saturated rings. The number of rotatable bonds is 7. The van der Waals surface area contributed by atoms with Crippen LogP contribution in [0.2, 0.25) is 10.2 Å². The van der Waals surface area contributed by atoms with Gasteiger partial charge in [-0.2, -0.15) is 0 Å². The lowest BCUT2D eigenvalue weighted by atomic mass is 10.2. The van der Waals surface area contributed by atoms with Crippen molar-refractivity contribution in [3.63, 3.8) is 0 Å². The highest BCUT2D eigenvalue weighted by atomic mass is 35.5. The standard InChI is InChI=1S/C18H18Cl2N2O5/c1-4-13(27-18(24)10-5-6-21-16(20)7-10)17(23)22-12-8-11(19)14(25-2)9-15(12)26-3/h5-9,13H,4H2,1-3H3,(H,22,23). The van der Waals surface area contributed by atoms with Crippen LogP contribution in [-0.4, -0.2) is 37.2 Å². The maximum atomic E-state index is 12.6. The van der Waals surface area contributed by atoms with Crippen molar-refractivity contribution in [2.45, 2.75) is 19.4 Å². The first kappa shape index (κ1) is 20.8. The molecule has 1 aromatic carbocycles. The van der Waals surface area contributed by atoms with E-state index in [1.807, 2.05) is 0 Å². The summed E-state index contributed by atoms with van der Waals surface area (Å²) in [7, 11) is 2.92. The maximum Gasteiger partial charge on any atom is 0.339 e. The van der Waals surface area contributed by atoms with E-state index in [-0.39, 0.29) is 17.1 Å². The molecule has 1 aromatic heterocycles. The number of amides is 1. The molecule has 2 rings (SSSR count). The molecule has 0 aliphatic carbocycles. The Labute approximate surface area is 166 Å². The Bertz CT molecular complexity index is 844. The highest BCUT2D eigenvalue weighted by Gasteiger charge is 2.24. The Balaban J connectivity index is 2.15. The summed E-state index contributed by atoms with van der Waals surface area (Å²) in [6.07, 6.45) is 0.627. The second-order valence-electron chi connectivity index (χ2n) is 5.35. The number of esters is 1. The van der Waals surface area contributed by atoms with Crippen LogP contribution in [0.25, 0.3) is 0 Å². The van der Waals surface area contributed by atoms with Crippen LogP contribution in [-0.2, 0) is 9.53 Å². The molecule has 1 heterocycles. The zero-order valence-electron chi connectivity index (χ0n) is 14.9. The molecule has 1 unspecified atom stereocenters. The van der Waals surface area contributed by atoms with E-state index in [4.69, 9.17) is 37.4 Å². The lowest BCUT2D eigenvalue weighted by molar-refractivity contribution is -0.124. The van der Waals surface area contributed by atoms with Crippen molar-refractivity contribution in [1.82, 2.24) is 4.98 Å². The average Bonchev–Trinajstić information content (AvgIpc) is 2.66. The van der Waals surface area contributed by atoms with E-state index in [0.29, 0.717) is 22.2 Å². The van der Waals surface area contributed by atoms with Gasteiger partial charge in [0.15, 0.2) is 6.10 Å². The largest absolute Gasteiger partial charge is 0.495 e. The number of anilines is 1. The van der Waals surface area contributed by atoms with Crippen molar-refractivity contribution < 1.29 is 23.8 Å². The van der Waals surface area contributed by atoms with E-state index in [1.54, 1.807) is 13.0 Å². The summed E-state index contributed by atoms with van der Waals surface area (Å²) in [5.41, 5.74) is 0.529. The maximum absolute atomic E-state index is 12.6. The van der Waals surface area contributed by atoms with Gasteiger partial charge in [0.1, 0.15) is 16.7 Å². The molecular weight excluding hydrogens is 395 g/mol. The highest BCUT2D eigenvalue weighted by Crippen LogP contribution is 2.36. The lowest BCUT2D eigenvalue weighted by Gasteiger charge is -2.18. The quantitative estimate of drug-likeness (QED) is 0.546. The van der Waals surface area contributed by atoms with Crippen molar-refractivity contribution in [3.05, 3.63) is 46.2 Å². The summed E-state index contributed by atoms with van der Waals surface area (Å²) in [5.74, 6) is -0.446. The van der Waals surface area contributed by atoms with Gasteiger partial charge >= 0.3 is 5.97 Å². The zero-order chi connectivity index (χ0) is 20.0. The summed E-state index contributed by atoms with van der Waals surface area (Å²) in [5, 5.41) is 3.10. The number of carbonyl (C=O) groups is 2. The fourth-order valence-electron chi connectivity index (χ4n) is 2.22. The molecule has 0 aliphatic rings. The van der Waals surface area contributed by atoms with E-state index < -0.39 is 18.0 Å². The van der Waals surface area contributed by atoms with Crippen LogP contribution in [0.5, 0.6) is 11.5 Å². The number of hydrogen-bond acceptors (Lipinski definition) is 6. The lowest BCUT2D eigenvalue weighted by Crippen LogP contribution is -2.32. The molecule has 9 heteroatoms. The summed E-state index contributed by atoms with van der Waals surface area (Å²) in [6, 6.07) is 5.85. The third-order valence-corrected chi connectivity index (χ3v) is 4.11. The van der Waals surface area contributed by atoms with E-state index in [9.17, 15) is 9.59 Å². The second kappa shape index (κ2) is 9.43. The van der Waals surface area contributed by atoms with Gasteiger partial charge in [0.2, 0.25) is 0 Å². The van der Waals surface area contributed by atoms with Crippen LogP contribution in [0.15, 0.2) is 30.5 Å². The molecule has 0 bridgehead atoms. The molecule has 27 heavy (non-hydrogen) atoms. The number of halogens is 2. The number of pyridine rings is 1. The first-order valence-corrected chi connectivity index (χ1v) is 8.70.